The molecule has 0 bridgehead atoms. The van der Waals surface area contributed by atoms with Crippen LogP contribution < -0.4 is 0 Å². The average Bonchev–Trinajstić information content (AvgIpc) is 2.34. The van der Waals surface area contributed by atoms with Gasteiger partial charge in [0.15, 0.2) is 0 Å². The van der Waals surface area contributed by atoms with Crippen LogP contribution in [0.4, 0.5) is 0 Å². The van der Waals surface area contributed by atoms with Crippen molar-refractivity contribution in [1.82, 2.24) is 10.2 Å². The molecule has 0 amide bonds. The van der Waals surface area contributed by atoms with Crippen LogP contribution >= 0.6 is 12.0 Å². The number of H-pyrrole nitrogens is 2. The molecule has 0 spiro atoms. The predicted molar refractivity (Wildman–Crippen MR) is 70.6 cm³/mol. The quantitative estimate of drug-likeness (QED) is 0.252. The molecule has 2 aromatic carbocycles. The van der Waals surface area contributed by atoms with Gasteiger partial charge in [-0.3, -0.25) is 14.8 Å². The Bertz CT molecular complexity index is 882. The van der Waals surface area contributed by atoms with Gasteiger partial charge in [0.25, 0.3) is 10.1 Å². The fourth-order valence-electron chi connectivity index (χ4n) is 2.00. The van der Waals surface area contributed by atoms with Crippen molar-refractivity contribution in [3.8, 4) is 0 Å². The Morgan fingerprint density at radius 1 is 1.15 bits per heavy atom. The summed E-state index contributed by atoms with van der Waals surface area (Å²) in [6.45, 7) is 0. The third-order valence-corrected chi connectivity index (χ3v) is 4.28. The molecule has 106 valence electrons. The summed E-state index contributed by atoms with van der Waals surface area (Å²) in [5.74, 6) is 0. The molecule has 0 aliphatic carbocycles. The van der Waals surface area contributed by atoms with Gasteiger partial charge in [0.1, 0.15) is 4.90 Å². The molecular weight excluding hydrogens is 308 g/mol. The van der Waals surface area contributed by atoms with Gasteiger partial charge in [-0.1, -0.05) is 11.1 Å². The number of nitrogens with one attached hydrogen (secondary N) is 2. The zero-order valence-corrected chi connectivity index (χ0v) is 11.3. The Kier molecular flexibility index (Phi) is 3.20. The lowest BCUT2D eigenvalue weighted by molar-refractivity contribution is -0.432. The summed E-state index contributed by atoms with van der Waals surface area (Å²) >= 11 is 0.608. The van der Waals surface area contributed by atoms with E-state index in [1.54, 1.807) is 18.2 Å². The molecule has 3 aromatic rings. The molecule has 0 saturated heterocycles. The number of fused-ring (bicyclic) bond motifs is 3. The first-order chi connectivity index (χ1) is 9.50. The lowest BCUT2D eigenvalue weighted by Crippen LogP contribution is -2.01. The van der Waals surface area contributed by atoms with Crippen molar-refractivity contribution in [2.24, 2.45) is 0 Å². The van der Waals surface area contributed by atoms with Gasteiger partial charge in [-0.05, 0) is 18.2 Å². The number of rotatable bonds is 4. The highest BCUT2D eigenvalue weighted by Crippen LogP contribution is 2.34. The number of hydrogen-bond acceptors (Lipinski definition) is 6. The summed E-state index contributed by atoms with van der Waals surface area (Å²) in [6.07, 6.45) is 0. The molecule has 0 aliphatic rings. The van der Waals surface area contributed by atoms with Crippen molar-refractivity contribution in [3.05, 3.63) is 24.3 Å². The Balaban J connectivity index is 2.32. The lowest BCUT2D eigenvalue weighted by atomic mass is 10.1. The van der Waals surface area contributed by atoms with Crippen molar-refractivity contribution in [2.45, 2.75) is 9.79 Å². The number of hydrogen-bond donors (Lipinski definition) is 4. The van der Waals surface area contributed by atoms with E-state index in [2.05, 4.69) is 19.6 Å². The molecule has 3 rings (SSSR count). The zero-order valence-electron chi connectivity index (χ0n) is 9.65. The van der Waals surface area contributed by atoms with Gasteiger partial charge in [0.2, 0.25) is 0 Å². The van der Waals surface area contributed by atoms with Gasteiger partial charge in [0, 0.05) is 15.7 Å². The van der Waals surface area contributed by atoms with Gasteiger partial charge < -0.3 is 0 Å². The van der Waals surface area contributed by atoms with Crippen molar-refractivity contribution < 1.29 is 27.6 Å². The van der Waals surface area contributed by atoms with E-state index in [1.807, 2.05) is 0 Å². The van der Waals surface area contributed by atoms with Crippen LogP contribution in [0.3, 0.4) is 0 Å². The third-order valence-electron chi connectivity index (χ3n) is 2.83. The molecule has 0 atom stereocenters. The average molecular weight is 316 g/mol. The Morgan fingerprint density at radius 2 is 1.95 bits per heavy atom. The van der Waals surface area contributed by atoms with Crippen molar-refractivity contribution in [3.63, 3.8) is 0 Å². The van der Waals surface area contributed by atoms with Crippen LogP contribution in [0.2, 0.25) is 0 Å². The minimum absolute atomic E-state index is 0.254. The second-order valence-corrected chi connectivity index (χ2v) is 6.12. The summed E-state index contributed by atoms with van der Waals surface area (Å²) in [7, 11) is -4.40. The standard InChI is InChI=1S/C10H8N2O6S2/c13-17-18-19-5-3-7-6(9(4-5)20(14,15)16)1-2-8-10(7)12-11-8/h1-4,11-13H,(H,14,15,16). The largest absolute Gasteiger partial charge is 0.299 e. The first-order valence-electron chi connectivity index (χ1n) is 5.26. The van der Waals surface area contributed by atoms with Crippen LogP contribution in [0.1, 0.15) is 0 Å². The zero-order chi connectivity index (χ0) is 14.3. The lowest BCUT2D eigenvalue weighted by Gasteiger charge is -2.11. The summed E-state index contributed by atoms with van der Waals surface area (Å²) in [5, 5.41) is 18.2. The van der Waals surface area contributed by atoms with Gasteiger partial charge in [-0.15, -0.1) is 4.33 Å². The monoisotopic (exact) mass is 316 g/mol. The van der Waals surface area contributed by atoms with Crippen LogP contribution in [-0.2, 0) is 19.5 Å². The topological polar surface area (TPSA) is 125 Å². The van der Waals surface area contributed by atoms with E-state index in [1.165, 1.54) is 6.07 Å². The highest BCUT2D eigenvalue weighted by atomic mass is 32.2. The second kappa shape index (κ2) is 4.77. The molecule has 1 heterocycles. The van der Waals surface area contributed by atoms with Crippen LogP contribution in [0, 0.1) is 0 Å². The van der Waals surface area contributed by atoms with Gasteiger partial charge >= 0.3 is 0 Å². The normalized spacial score (nSPS) is 12.5. The van der Waals surface area contributed by atoms with Crippen LogP contribution in [0.15, 0.2) is 34.1 Å². The van der Waals surface area contributed by atoms with E-state index in [0.29, 0.717) is 33.2 Å². The SMILES string of the molecule is O=S(=O)(O)c1cc(SOOO)cc2c1ccc1[nH][nH]c12. The summed E-state index contributed by atoms with van der Waals surface area (Å²) < 4.78 is 36.6. The first-order valence-corrected chi connectivity index (χ1v) is 7.44. The Labute approximate surface area is 116 Å². The molecule has 10 heteroatoms. The Hall–Kier alpha value is -1.56. The van der Waals surface area contributed by atoms with Crippen molar-refractivity contribution in [1.29, 1.82) is 0 Å². The molecule has 0 radical (unpaired) electrons. The van der Waals surface area contributed by atoms with Crippen molar-refractivity contribution >= 4 is 44.0 Å². The molecule has 1 aromatic heterocycles. The smallest absolute Gasteiger partial charge is 0.295 e. The van der Waals surface area contributed by atoms with E-state index < -0.39 is 10.1 Å². The fraction of sp³-hybridized carbons (Fsp3) is 0. The molecule has 20 heavy (non-hydrogen) atoms. The Morgan fingerprint density at radius 3 is 2.55 bits per heavy atom. The van der Waals surface area contributed by atoms with E-state index in [4.69, 9.17) is 5.26 Å². The van der Waals surface area contributed by atoms with E-state index in [0.717, 1.165) is 5.52 Å². The highest BCUT2D eigenvalue weighted by Gasteiger charge is 2.18. The third kappa shape index (κ3) is 2.18. The number of benzene rings is 2. The summed E-state index contributed by atoms with van der Waals surface area (Å²) in [4.78, 5) is 0.0804. The highest BCUT2D eigenvalue weighted by molar-refractivity contribution is 7.94. The molecule has 0 aliphatic heterocycles. The van der Waals surface area contributed by atoms with Gasteiger partial charge in [-0.2, -0.15) is 8.42 Å². The second-order valence-electron chi connectivity index (χ2n) is 3.96. The maximum Gasteiger partial charge on any atom is 0.295 e. The maximum absolute atomic E-state index is 11.5. The van der Waals surface area contributed by atoms with E-state index in [9.17, 15) is 13.0 Å². The number of aromatic nitrogens is 2. The van der Waals surface area contributed by atoms with E-state index in [-0.39, 0.29) is 4.90 Å². The molecule has 4 N–H and O–H groups in total. The maximum atomic E-state index is 11.5. The predicted octanol–water partition coefficient (Wildman–Crippen LogP) is 2.32. The minimum Gasteiger partial charge on any atom is -0.299 e. The van der Waals surface area contributed by atoms with E-state index >= 15 is 0 Å². The summed E-state index contributed by atoms with van der Waals surface area (Å²) in [5.41, 5.74) is 1.51. The van der Waals surface area contributed by atoms with Gasteiger partial charge in [0.05, 0.1) is 23.1 Å². The van der Waals surface area contributed by atoms with Crippen LogP contribution in [0.5, 0.6) is 0 Å². The minimum atomic E-state index is -4.40. The fourth-order valence-corrected chi connectivity index (χ4v) is 3.24. The number of aromatic amines is 2. The molecule has 0 fully saturated rings. The molecule has 0 unspecified atom stereocenters. The molecule has 0 saturated carbocycles. The molecular formula is C10H8N2O6S2. The van der Waals surface area contributed by atoms with Gasteiger partial charge in [-0.25, -0.2) is 5.26 Å². The van der Waals surface area contributed by atoms with Crippen molar-refractivity contribution in [2.75, 3.05) is 0 Å². The van der Waals surface area contributed by atoms with Crippen LogP contribution in [0.25, 0.3) is 21.8 Å². The first kappa shape index (κ1) is 13.4. The molecule has 8 nitrogen and oxygen atoms in total. The van der Waals surface area contributed by atoms with Crippen LogP contribution in [-0.4, -0.2) is 28.4 Å². The summed E-state index contributed by atoms with van der Waals surface area (Å²) in [6, 6.07) is 6.15.